The minimum atomic E-state index is 0.448. The Hall–Kier alpha value is -1.33. The van der Waals surface area contributed by atoms with Crippen molar-refractivity contribution in [3.05, 3.63) is 90.3 Å². The van der Waals surface area contributed by atoms with Crippen molar-refractivity contribution in [2.24, 2.45) is 4.99 Å². The Balaban J connectivity index is 1.74. The third kappa shape index (κ3) is 5.58. The zero-order valence-electron chi connectivity index (χ0n) is 14.3. The molecule has 0 bridgehead atoms. The van der Waals surface area contributed by atoms with Crippen molar-refractivity contribution in [3.8, 4) is 5.75 Å². The Morgan fingerprint density at radius 3 is 2.26 bits per heavy atom. The summed E-state index contributed by atoms with van der Waals surface area (Å²) in [5.41, 5.74) is 3.81. The third-order valence-corrected chi connectivity index (χ3v) is 5.67. The molecule has 0 saturated heterocycles. The molecular weight excluding hydrogens is 513 g/mol. The topological polar surface area (TPSA) is 21.6 Å². The smallest absolute Gasteiger partial charge is 0.148 e. The van der Waals surface area contributed by atoms with E-state index in [0.29, 0.717) is 16.7 Å². The Bertz CT molecular complexity index is 965. The van der Waals surface area contributed by atoms with Crippen LogP contribution in [-0.4, -0.2) is 6.21 Å². The van der Waals surface area contributed by atoms with Gasteiger partial charge in [0.15, 0.2) is 0 Å². The van der Waals surface area contributed by atoms with Crippen LogP contribution in [-0.2, 0) is 6.61 Å². The van der Waals surface area contributed by atoms with Crippen molar-refractivity contribution in [1.82, 2.24) is 0 Å². The van der Waals surface area contributed by atoms with E-state index in [9.17, 15) is 0 Å². The first-order valence-electron chi connectivity index (χ1n) is 8.09. The molecule has 27 heavy (non-hydrogen) atoms. The van der Waals surface area contributed by atoms with Crippen molar-refractivity contribution < 1.29 is 4.74 Å². The summed E-state index contributed by atoms with van der Waals surface area (Å²) in [6.07, 6.45) is 1.79. The van der Waals surface area contributed by atoms with E-state index in [1.54, 1.807) is 6.21 Å². The predicted molar refractivity (Wildman–Crippen MR) is 121 cm³/mol. The lowest BCUT2D eigenvalue weighted by atomic mass is 10.2. The quantitative estimate of drug-likeness (QED) is 0.307. The lowest BCUT2D eigenvalue weighted by molar-refractivity contribution is 0.302. The Kier molecular flexibility index (Phi) is 6.99. The minimum Gasteiger partial charge on any atom is -0.487 e. The summed E-state index contributed by atoms with van der Waals surface area (Å²) in [5, 5.41) is 1.41. The number of rotatable bonds is 5. The maximum Gasteiger partial charge on any atom is 0.148 e. The first-order valence-corrected chi connectivity index (χ1v) is 10.4. The average Bonchev–Trinajstić information content (AvgIpc) is 2.63. The molecule has 0 aliphatic heterocycles. The van der Waals surface area contributed by atoms with E-state index in [-0.39, 0.29) is 0 Å². The van der Waals surface area contributed by atoms with Crippen LogP contribution in [0.3, 0.4) is 0 Å². The average molecular weight is 528 g/mol. The van der Waals surface area contributed by atoms with E-state index in [1.165, 1.54) is 0 Å². The zero-order chi connectivity index (χ0) is 19.4. The van der Waals surface area contributed by atoms with Gasteiger partial charge in [-0.2, -0.15) is 0 Å². The second kappa shape index (κ2) is 9.24. The van der Waals surface area contributed by atoms with Crippen LogP contribution < -0.4 is 4.74 Å². The van der Waals surface area contributed by atoms with Gasteiger partial charge in [-0.1, -0.05) is 41.4 Å². The van der Waals surface area contributed by atoms with E-state index in [4.69, 9.17) is 27.9 Å². The van der Waals surface area contributed by atoms with Crippen LogP contribution in [0.4, 0.5) is 5.69 Å². The molecule has 0 unspecified atom stereocenters. The number of hydrogen-bond acceptors (Lipinski definition) is 2. The van der Waals surface area contributed by atoms with E-state index >= 15 is 0 Å². The van der Waals surface area contributed by atoms with Gasteiger partial charge in [-0.15, -0.1) is 0 Å². The van der Waals surface area contributed by atoms with Gasteiger partial charge in [0.05, 0.1) is 14.6 Å². The molecule has 3 aromatic carbocycles. The predicted octanol–water partition coefficient (Wildman–Crippen LogP) is 8.16. The van der Waals surface area contributed by atoms with Gasteiger partial charge >= 0.3 is 0 Å². The SMILES string of the molecule is Cc1ccc(N=Cc2cc(Br)c(OCc3ccc(Cl)cc3)c(Br)c2)cc1Cl. The van der Waals surface area contributed by atoms with Crippen molar-refractivity contribution in [2.45, 2.75) is 13.5 Å². The minimum absolute atomic E-state index is 0.448. The van der Waals surface area contributed by atoms with Gasteiger partial charge in [0.2, 0.25) is 0 Å². The summed E-state index contributed by atoms with van der Waals surface area (Å²) in [5.74, 6) is 0.737. The molecule has 0 atom stereocenters. The normalized spacial score (nSPS) is 11.1. The molecule has 0 saturated carbocycles. The number of aryl methyl sites for hydroxylation is 1. The van der Waals surface area contributed by atoms with Gasteiger partial charge in [-0.3, -0.25) is 4.99 Å². The molecule has 138 valence electrons. The number of nitrogens with zero attached hydrogens (tertiary/aromatic N) is 1. The van der Waals surface area contributed by atoms with Gasteiger partial charge in [-0.05, 0) is 91.9 Å². The van der Waals surface area contributed by atoms with Crippen LogP contribution in [0, 0.1) is 6.92 Å². The molecular formula is C21H15Br2Cl2NO. The summed E-state index contributed by atoms with van der Waals surface area (Å²) < 4.78 is 7.63. The number of halogens is 4. The number of ether oxygens (including phenoxy) is 1. The maximum absolute atomic E-state index is 6.15. The van der Waals surface area contributed by atoms with E-state index < -0.39 is 0 Å². The fourth-order valence-corrected chi connectivity index (χ4v) is 4.09. The first-order chi connectivity index (χ1) is 12.9. The number of aliphatic imine (C=N–C) groups is 1. The molecule has 0 aliphatic rings. The highest BCUT2D eigenvalue weighted by atomic mass is 79.9. The van der Waals surface area contributed by atoms with Gasteiger partial charge < -0.3 is 4.74 Å². The molecule has 0 N–H and O–H groups in total. The highest BCUT2D eigenvalue weighted by molar-refractivity contribution is 9.11. The van der Waals surface area contributed by atoms with E-state index in [0.717, 1.165) is 37.1 Å². The summed E-state index contributed by atoms with van der Waals surface area (Å²) in [4.78, 5) is 4.49. The zero-order valence-corrected chi connectivity index (χ0v) is 19.0. The Morgan fingerprint density at radius 1 is 0.963 bits per heavy atom. The largest absolute Gasteiger partial charge is 0.487 e. The molecule has 3 aromatic rings. The lowest BCUT2D eigenvalue weighted by Gasteiger charge is -2.11. The molecule has 0 radical (unpaired) electrons. The van der Waals surface area contributed by atoms with Gasteiger partial charge in [-0.25, -0.2) is 0 Å². The van der Waals surface area contributed by atoms with Crippen molar-refractivity contribution in [2.75, 3.05) is 0 Å². The molecule has 0 spiro atoms. The fraction of sp³-hybridized carbons (Fsp3) is 0.0952. The molecule has 3 rings (SSSR count). The summed E-state index contributed by atoms with van der Waals surface area (Å²) >= 11 is 19.2. The summed E-state index contributed by atoms with van der Waals surface area (Å²) in [6.45, 7) is 2.41. The fourth-order valence-electron chi connectivity index (χ4n) is 2.34. The summed E-state index contributed by atoms with van der Waals surface area (Å²) in [6, 6.07) is 17.2. The van der Waals surface area contributed by atoms with Crippen LogP contribution >= 0.6 is 55.1 Å². The van der Waals surface area contributed by atoms with Gasteiger partial charge in [0.1, 0.15) is 12.4 Å². The summed E-state index contributed by atoms with van der Waals surface area (Å²) in [7, 11) is 0. The maximum atomic E-state index is 6.15. The first kappa shape index (κ1) is 20.4. The monoisotopic (exact) mass is 525 g/mol. The van der Waals surface area contributed by atoms with Gasteiger partial charge in [0, 0.05) is 16.3 Å². The Morgan fingerprint density at radius 2 is 1.63 bits per heavy atom. The highest BCUT2D eigenvalue weighted by Gasteiger charge is 2.09. The second-order valence-corrected chi connectivity index (χ2v) is 8.47. The van der Waals surface area contributed by atoms with Crippen molar-refractivity contribution in [3.63, 3.8) is 0 Å². The molecule has 0 amide bonds. The van der Waals surface area contributed by atoms with Crippen LogP contribution in [0.2, 0.25) is 10.0 Å². The van der Waals surface area contributed by atoms with Crippen molar-refractivity contribution >= 4 is 67.0 Å². The van der Waals surface area contributed by atoms with Crippen LogP contribution in [0.5, 0.6) is 5.75 Å². The van der Waals surface area contributed by atoms with Crippen LogP contribution in [0.15, 0.2) is 68.5 Å². The Labute approximate surface area is 185 Å². The molecule has 6 heteroatoms. The van der Waals surface area contributed by atoms with E-state index in [2.05, 4.69) is 36.9 Å². The second-order valence-electron chi connectivity index (χ2n) is 5.92. The highest BCUT2D eigenvalue weighted by Crippen LogP contribution is 2.35. The molecule has 0 fully saturated rings. The molecule has 0 heterocycles. The molecule has 0 aliphatic carbocycles. The standard InChI is InChI=1S/C21H15Br2Cl2NO/c1-13-2-7-17(10-20(13)25)26-11-15-8-18(22)21(19(23)9-15)27-12-14-3-5-16(24)6-4-14/h2-11H,12H2,1H3. The van der Waals surface area contributed by atoms with Gasteiger partial charge in [0.25, 0.3) is 0 Å². The van der Waals surface area contributed by atoms with E-state index in [1.807, 2.05) is 61.5 Å². The number of hydrogen-bond donors (Lipinski definition) is 0. The molecule has 0 aromatic heterocycles. The van der Waals surface area contributed by atoms with Crippen LogP contribution in [0.1, 0.15) is 16.7 Å². The van der Waals surface area contributed by atoms with Crippen LogP contribution in [0.25, 0.3) is 0 Å². The van der Waals surface area contributed by atoms with Crippen molar-refractivity contribution in [1.29, 1.82) is 0 Å². The number of benzene rings is 3. The lowest BCUT2D eigenvalue weighted by Crippen LogP contribution is -1.97. The molecule has 2 nitrogen and oxygen atoms in total. The third-order valence-electron chi connectivity index (χ3n) is 3.84.